The summed E-state index contributed by atoms with van der Waals surface area (Å²) in [5.41, 5.74) is 1.52. The number of rotatable bonds is 13. The summed E-state index contributed by atoms with van der Waals surface area (Å²) in [6.07, 6.45) is 5.69. The minimum absolute atomic E-state index is 0.00234. The Balaban J connectivity index is 4.19. The maximum atomic E-state index is 12.5. The van der Waals surface area contributed by atoms with E-state index in [1.165, 1.54) is 5.48 Å². The first-order valence-electron chi connectivity index (χ1n) is 7.39. The lowest BCUT2D eigenvalue weighted by molar-refractivity contribution is -0.128. The van der Waals surface area contributed by atoms with Crippen molar-refractivity contribution in [3.8, 4) is 0 Å². The molecule has 0 aliphatic carbocycles. The van der Waals surface area contributed by atoms with Crippen LogP contribution in [0.5, 0.6) is 0 Å². The van der Waals surface area contributed by atoms with Gasteiger partial charge in [0.1, 0.15) is 0 Å². The van der Waals surface area contributed by atoms with E-state index in [1.54, 1.807) is 0 Å². The fourth-order valence-electron chi connectivity index (χ4n) is 1.57. The molecule has 0 aromatic heterocycles. The fourth-order valence-corrected chi connectivity index (χ4v) is 3.20. The monoisotopic (exact) mass is 309 g/mol. The molecule has 20 heavy (non-hydrogen) atoms. The molecule has 0 spiro atoms. The SMILES string of the molecule is CCCCCOP(=O)(CCC(=O)NO)OCCCCC. The standard InChI is InChI=1S/C13H28NO5P/c1-3-5-7-10-18-20(17,12-9-13(15)14-16)19-11-8-6-4-2/h16H,3-12H2,1-2H3,(H,14,15). The molecule has 0 heterocycles. The summed E-state index contributed by atoms with van der Waals surface area (Å²) < 4.78 is 23.2. The van der Waals surface area contributed by atoms with E-state index >= 15 is 0 Å². The van der Waals surface area contributed by atoms with Crippen LogP contribution in [-0.2, 0) is 18.4 Å². The highest BCUT2D eigenvalue weighted by Crippen LogP contribution is 2.49. The van der Waals surface area contributed by atoms with E-state index in [0.717, 1.165) is 38.5 Å². The molecule has 0 bridgehead atoms. The van der Waals surface area contributed by atoms with Crippen LogP contribution in [0.4, 0.5) is 0 Å². The molecule has 1 amide bonds. The summed E-state index contributed by atoms with van der Waals surface area (Å²) >= 11 is 0. The normalized spacial score (nSPS) is 11.6. The number of hydrogen-bond donors (Lipinski definition) is 2. The van der Waals surface area contributed by atoms with Crippen LogP contribution in [0.15, 0.2) is 0 Å². The van der Waals surface area contributed by atoms with Crippen LogP contribution in [0.25, 0.3) is 0 Å². The van der Waals surface area contributed by atoms with Crippen molar-refractivity contribution < 1.29 is 23.6 Å². The van der Waals surface area contributed by atoms with Crippen LogP contribution in [-0.4, -0.2) is 30.5 Å². The molecule has 0 saturated heterocycles. The number of amides is 1. The minimum atomic E-state index is -3.24. The van der Waals surface area contributed by atoms with Crippen molar-refractivity contribution in [1.82, 2.24) is 5.48 Å². The summed E-state index contributed by atoms with van der Waals surface area (Å²) in [4.78, 5) is 11.0. The molecule has 0 radical (unpaired) electrons. The van der Waals surface area contributed by atoms with Crippen molar-refractivity contribution in [2.24, 2.45) is 0 Å². The molecular weight excluding hydrogens is 281 g/mol. The Morgan fingerprint density at radius 1 is 1.05 bits per heavy atom. The third kappa shape index (κ3) is 10.4. The zero-order valence-corrected chi connectivity index (χ0v) is 13.5. The predicted octanol–water partition coefficient (Wildman–Crippen LogP) is 3.49. The molecule has 0 aliphatic rings. The van der Waals surface area contributed by atoms with Gasteiger partial charge in [-0.3, -0.25) is 14.6 Å². The average Bonchev–Trinajstić information content (AvgIpc) is 2.46. The van der Waals surface area contributed by atoms with Crippen LogP contribution in [0.1, 0.15) is 58.8 Å². The highest BCUT2D eigenvalue weighted by molar-refractivity contribution is 7.53. The summed E-state index contributed by atoms with van der Waals surface area (Å²) in [6.45, 7) is 4.90. The van der Waals surface area contributed by atoms with E-state index in [0.29, 0.717) is 13.2 Å². The van der Waals surface area contributed by atoms with Crippen LogP contribution in [0.3, 0.4) is 0 Å². The Morgan fingerprint density at radius 2 is 1.55 bits per heavy atom. The fraction of sp³-hybridized carbons (Fsp3) is 0.923. The molecule has 2 N–H and O–H groups in total. The Kier molecular flexibility index (Phi) is 12.1. The quantitative estimate of drug-likeness (QED) is 0.235. The molecule has 0 rings (SSSR count). The minimum Gasteiger partial charge on any atom is -0.309 e. The molecule has 0 aromatic carbocycles. The molecular formula is C13H28NO5P. The second-order valence-corrected chi connectivity index (χ2v) is 6.89. The molecule has 0 unspecified atom stereocenters. The van der Waals surface area contributed by atoms with Crippen LogP contribution < -0.4 is 5.48 Å². The van der Waals surface area contributed by atoms with Gasteiger partial charge in [-0.05, 0) is 12.8 Å². The zero-order valence-electron chi connectivity index (χ0n) is 12.6. The van der Waals surface area contributed by atoms with Gasteiger partial charge in [0.25, 0.3) is 0 Å². The van der Waals surface area contributed by atoms with Gasteiger partial charge >= 0.3 is 7.60 Å². The Bertz CT molecular complexity index is 282. The lowest BCUT2D eigenvalue weighted by atomic mass is 10.3. The van der Waals surface area contributed by atoms with E-state index in [-0.39, 0.29) is 12.6 Å². The van der Waals surface area contributed by atoms with Crippen molar-refractivity contribution in [3.63, 3.8) is 0 Å². The van der Waals surface area contributed by atoms with Gasteiger partial charge in [-0.15, -0.1) is 0 Å². The molecule has 0 saturated carbocycles. The van der Waals surface area contributed by atoms with E-state index in [4.69, 9.17) is 14.3 Å². The van der Waals surface area contributed by atoms with Crippen molar-refractivity contribution in [3.05, 3.63) is 0 Å². The Morgan fingerprint density at radius 3 is 1.95 bits per heavy atom. The lowest BCUT2D eigenvalue weighted by Gasteiger charge is -2.18. The summed E-state index contributed by atoms with van der Waals surface area (Å²) in [6, 6.07) is 0. The van der Waals surface area contributed by atoms with Gasteiger partial charge < -0.3 is 9.05 Å². The van der Waals surface area contributed by atoms with Gasteiger partial charge in [0.05, 0.1) is 19.4 Å². The smallest absolute Gasteiger partial charge is 0.309 e. The van der Waals surface area contributed by atoms with Gasteiger partial charge in [-0.2, -0.15) is 0 Å². The number of carbonyl (C=O) groups excluding carboxylic acids is 1. The maximum absolute atomic E-state index is 12.5. The van der Waals surface area contributed by atoms with E-state index in [2.05, 4.69) is 13.8 Å². The van der Waals surface area contributed by atoms with Gasteiger partial charge in [0, 0.05) is 6.42 Å². The number of hydroxylamine groups is 1. The van der Waals surface area contributed by atoms with Crippen molar-refractivity contribution in [2.45, 2.75) is 58.8 Å². The van der Waals surface area contributed by atoms with Gasteiger partial charge in [0.2, 0.25) is 5.91 Å². The molecule has 0 fully saturated rings. The second kappa shape index (κ2) is 12.3. The summed E-state index contributed by atoms with van der Waals surface area (Å²) in [5, 5.41) is 8.45. The molecule has 0 aromatic rings. The highest BCUT2D eigenvalue weighted by atomic mass is 31.2. The number of carbonyl (C=O) groups is 1. The van der Waals surface area contributed by atoms with Crippen molar-refractivity contribution >= 4 is 13.5 Å². The van der Waals surface area contributed by atoms with E-state index in [9.17, 15) is 9.36 Å². The van der Waals surface area contributed by atoms with E-state index < -0.39 is 13.5 Å². The Hall–Kier alpha value is -0.420. The van der Waals surface area contributed by atoms with Crippen molar-refractivity contribution in [2.75, 3.05) is 19.4 Å². The van der Waals surface area contributed by atoms with Gasteiger partial charge in [0.15, 0.2) is 0 Å². The highest BCUT2D eigenvalue weighted by Gasteiger charge is 2.25. The predicted molar refractivity (Wildman–Crippen MR) is 78.0 cm³/mol. The zero-order chi connectivity index (χ0) is 15.3. The van der Waals surface area contributed by atoms with Gasteiger partial charge in [-0.25, -0.2) is 5.48 Å². The molecule has 0 aliphatic heterocycles. The molecule has 6 nitrogen and oxygen atoms in total. The first kappa shape index (κ1) is 19.6. The summed E-state index contributed by atoms with van der Waals surface area (Å²) in [5.74, 6) is -0.584. The molecule has 120 valence electrons. The first-order valence-corrected chi connectivity index (χ1v) is 9.11. The van der Waals surface area contributed by atoms with Crippen LogP contribution in [0.2, 0.25) is 0 Å². The largest absolute Gasteiger partial charge is 0.331 e. The van der Waals surface area contributed by atoms with Gasteiger partial charge in [-0.1, -0.05) is 39.5 Å². The lowest BCUT2D eigenvalue weighted by Crippen LogP contribution is -2.20. The van der Waals surface area contributed by atoms with Crippen molar-refractivity contribution in [1.29, 1.82) is 0 Å². The number of nitrogens with one attached hydrogen (secondary N) is 1. The molecule has 0 atom stereocenters. The van der Waals surface area contributed by atoms with Crippen LogP contribution >= 0.6 is 7.60 Å². The first-order chi connectivity index (χ1) is 9.58. The summed E-state index contributed by atoms with van der Waals surface area (Å²) in [7, 11) is -3.24. The Labute approximate surface area is 121 Å². The second-order valence-electron chi connectivity index (χ2n) is 4.70. The third-order valence-electron chi connectivity index (χ3n) is 2.81. The topological polar surface area (TPSA) is 84.9 Å². The van der Waals surface area contributed by atoms with Crippen LogP contribution in [0, 0.1) is 0 Å². The van der Waals surface area contributed by atoms with E-state index in [1.807, 2.05) is 0 Å². The average molecular weight is 309 g/mol. The third-order valence-corrected chi connectivity index (χ3v) is 4.73. The number of hydrogen-bond acceptors (Lipinski definition) is 5. The molecule has 7 heteroatoms. The number of unbranched alkanes of at least 4 members (excludes halogenated alkanes) is 4. The maximum Gasteiger partial charge on any atom is 0.331 e.